The van der Waals surface area contributed by atoms with Crippen molar-refractivity contribution in [2.24, 2.45) is 5.73 Å². The lowest BCUT2D eigenvalue weighted by Crippen LogP contribution is -2.50. The fourth-order valence-corrected chi connectivity index (χ4v) is 1.57. The van der Waals surface area contributed by atoms with Crippen molar-refractivity contribution in [3.63, 3.8) is 0 Å². The molecule has 1 aromatic rings. The van der Waals surface area contributed by atoms with E-state index in [9.17, 15) is 14.4 Å². The van der Waals surface area contributed by atoms with Gasteiger partial charge in [0.2, 0.25) is 5.91 Å². The molecule has 0 bridgehead atoms. The van der Waals surface area contributed by atoms with E-state index in [1.807, 2.05) is 0 Å². The average molecular weight is 319 g/mol. The van der Waals surface area contributed by atoms with Crippen LogP contribution in [-0.2, 0) is 11.3 Å². The summed E-state index contributed by atoms with van der Waals surface area (Å²) in [5.74, 6) is -0.355. The van der Waals surface area contributed by atoms with Gasteiger partial charge in [0.25, 0.3) is 5.56 Å². The van der Waals surface area contributed by atoms with Crippen molar-refractivity contribution in [1.82, 2.24) is 14.9 Å². The molecule has 1 amide bonds. The highest BCUT2D eigenvalue weighted by Crippen LogP contribution is 2.00. The fraction of sp³-hybridized carbons (Fsp3) is 0.500. The van der Waals surface area contributed by atoms with E-state index >= 15 is 0 Å². The Bertz CT molecular complexity index is 561. The van der Waals surface area contributed by atoms with Gasteiger partial charge in [-0.25, -0.2) is 4.79 Å². The second-order valence-corrected chi connectivity index (χ2v) is 5.35. The molecule has 0 aliphatic heterocycles. The summed E-state index contributed by atoms with van der Waals surface area (Å²) in [4.78, 5) is 36.4. The van der Waals surface area contributed by atoms with Gasteiger partial charge in [-0.05, 0) is 29.8 Å². The maximum Gasteiger partial charge on any atom is 0.328 e. The summed E-state index contributed by atoms with van der Waals surface area (Å²) >= 11 is 2.99. The molecule has 1 aromatic heterocycles. The molecule has 1 heterocycles. The number of hydrogen-bond acceptors (Lipinski definition) is 4. The monoisotopic (exact) mass is 318 g/mol. The number of nitrogens with zero attached hydrogens (tertiary/aromatic N) is 1. The van der Waals surface area contributed by atoms with Crippen molar-refractivity contribution in [3.05, 3.63) is 31.5 Å². The first-order valence-electron chi connectivity index (χ1n) is 5.25. The third-order valence-corrected chi connectivity index (χ3v) is 2.83. The number of H-pyrrole nitrogens is 1. The van der Waals surface area contributed by atoms with E-state index < -0.39 is 16.8 Å². The van der Waals surface area contributed by atoms with E-state index in [4.69, 9.17) is 5.73 Å². The zero-order valence-corrected chi connectivity index (χ0v) is 11.7. The molecular weight excluding hydrogens is 304 g/mol. The highest BCUT2D eigenvalue weighted by atomic mass is 79.9. The van der Waals surface area contributed by atoms with Crippen LogP contribution < -0.4 is 22.3 Å². The van der Waals surface area contributed by atoms with Gasteiger partial charge in [0.15, 0.2) is 0 Å². The van der Waals surface area contributed by atoms with Crippen molar-refractivity contribution < 1.29 is 4.79 Å². The summed E-state index contributed by atoms with van der Waals surface area (Å²) in [6.07, 6.45) is 1.27. The number of carbonyl (C=O) groups is 1. The largest absolute Gasteiger partial charge is 0.348 e. The Balaban J connectivity index is 2.86. The third kappa shape index (κ3) is 3.81. The Morgan fingerprint density at radius 1 is 1.56 bits per heavy atom. The van der Waals surface area contributed by atoms with E-state index in [0.717, 1.165) is 4.57 Å². The van der Waals surface area contributed by atoms with Gasteiger partial charge in [0.1, 0.15) is 6.54 Å². The Morgan fingerprint density at radius 3 is 2.72 bits per heavy atom. The Kier molecular flexibility index (Phi) is 4.47. The number of amides is 1. The minimum Gasteiger partial charge on any atom is -0.348 e. The van der Waals surface area contributed by atoms with Gasteiger partial charge in [0, 0.05) is 18.3 Å². The summed E-state index contributed by atoms with van der Waals surface area (Å²) in [6.45, 7) is 3.65. The van der Waals surface area contributed by atoms with Crippen LogP contribution >= 0.6 is 15.9 Å². The molecule has 1 rings (SSSR count). The standard InChI is InChI=1S/C10H15BrN4O3/c1-10(2,5-12)14-7(16)4-15-3-6(11)8(17)13-9(15)18/h3H,4-5,12H2,1-2H3,(H,14,16)(H,13,17,18). The van der Waals surface area contributed by atoms with E-state index in [0.29, 0.717) is 0 Å². The molecule has 4 N–H and O–H groups in total. The van der Waals surface area contributed by atoms with Crippen LogP contribution in [0.2, 0.25) is 0 Å². The molecular formula is C10H15BrN4O3. The van der Waals surface area contributed by atoms with Crippen molar-refractivity contribution >= 4 is 21.8 Å². The maximum atomic E-state index is 11.7. The molecule has 0 aliphatic rings. The van der Waals surface area contributed by atoms with Crippen LogP contribution in [0.25, 0.3) is 0 Å². The first-order chi connectivity index (χ1) is 8.25. The maximum absolute atomic E-state index is 11.7. The second kappa shape index (κ2) is 5.49. The predicted molar refractivity (Wildman–Crippen MR) is 70.3 cm³/mol. The van der Waals surface area contributed by atoms with Crippen LogP contribution in [0.3, 0.4) is 0 Å². The molecule has 0 atom stereocenters. The quantitative estimate of drug-likeness (QED) is 0.671. The van der Waals surface area contributed by atoms with Gasteiger partial charge >= 0.3 is 5.69 Å². The highest BCUT2D eigenvalue weighted by molar-refractivity contribution is 9.10. The van der Waals surface area contributed by atoms with Crippen molar-refractivity contribution in [2.45, 2.75) is 25.9 Å². The van der Waals surface area contributed by atoms with Gasteiger partial charge < -0.3 is 11.1 Å². The molecule has 0 fully saturated rings. The molecule has 0 aliphatic carbocycles. The lowest BCUT2D eigenvalue weighted by Gasteiger charge is -2.24. The van der Waals surface area contributed by atoms with Crippen LogP contribution in [-0.4, -0.2) is 27.5 Å². The topological polar surface area (TPSA) is 110 Å². The molecule has 0 saturated heterocycles. The molecule has 8 heteroatoms. The summed E-state index contributed by atoms with van der Waals surface area (Å²) < 4.78 is 1.29. The summed E-state index contributed by atoms with van der Waals surface area (Å²) in [5.41, 5.74) is 3.78. The Labute approximate surface area is 112 Å². The lowest BCUT2D eigenvalue weighted by atomic mass is 10.1. The fourth-order valence-electron chi connectivity index (χ4n) is 1.22. The van der Waals surface area contributed by atoms with Crippen LogP contribution in [0.5, 0.6) is 0 Å². The third-order valence-electron chi connectivity index (χ3n) is 2.27. The number of rotatable bonds is 4. The Morgan fingerprint density at radius 2 is 2.17 bits per heavy atom. The molecule has 100 valence electrons. The number of carbonyl (C=O) groups excluding carboxylic acids is 1. The lowest BCUT2D eigenvalue weighted by molar-refractivity contribution is -0.123. The number of nitrogens with two attached hydrogens (primary N) is 1. The molecule has 18 heavy (non-hydrogen) atoms. The average Bonchev–Trinajstić information content (AvgIpc) is 2.25. The zero-order chi connectivity index (χ0) is 13.9. The van der Waals surface area contributed by atoms with E-state index in [1.165, 1.54) is 6.20 Å². The van der Waals surface area contributed by atoms with Crippen molar-refractivity contribution in [2.75, 3.05) is 6.54 Å². The minimum absolute atomic E-state index is 0.183. The molecule has 0 radical (unpaired) electrons. The van der Waals surface area contributed by atoms with Gasteiger partial charge in [-0.1, -0.05) is 0 Å². The van der Waals surface area contributed by atoms with Crippen LogP contribution in [0.1, 0.15) is 13.8 Å². The molecule has 0 spiro atoms. The highest BCUT2D eigenvalue weighted by Gasteiger charge is 2.18. The molecule has 0 unspecified atom stereocenters. The normalized spacial score (nSPS) is 11.3. The second-order valence-electron chi connectivity index (χ2n) is 4.50. The van der Waals surface area contributed by atoms with E-state index in [2.05, 4.69) is 26.2 Å². The van der Waals surface area contributed by atoms with E-state index in [1.54, 1.807) is 13.8 Å². The molecule has 0 saturated carbocycles. The number of halogens is 1. The predicted octanol–water partition coefficient (Wildman–Crippen LogP) is -0.847. The van der Waals surface area contributed by atoms with Crippen molar-refractivity contribution in [3.8, 4) is 0 Å². The summed E-state index contributed by atoms with van der Waals surface area (Å²) in [6, 6.07) is 0. The first-order valence-corrected chi connectivity index (χ1v) is 6.05. The summed E-state index contributed by atoms with van der Waals surface area (Å²) in [5, 5.41) is 2.68. The van der Waals surface area contributed by atoms with E-state index in [-0.39, 0.29) is 23.5 Å². The SMILES string of the molecule is CC(C)(CN)NC(=O)Cn1cc(Br)c(=O)[nH]c1=O. The van der Waals surface area contributed by atoms with Gasteiger partial charge in [-0.2, -0.15) is 0 Å². The smallest absolute Gasteiger partial charge is 0.328 e. The van der Waals surface area contributed by atoms with Gasteiger partial charge in [0.05, 0.1) is 4.47 Å². The number of aromatic amines is 1. The minimum atomic E-state index is -0.635. The van der Waals surface area contributed by atoms with Crippen LogP contribution in [0, 0.1) is 0 Å². The first kappa shape index (κ1) is 14.7. The molecule has 7 nitrogen and oxygen atoms in total. The van der Waals surface area contributed by atoms with Gasteiger partial charge in [-0.15, -0.1) is 0 Å². The van der Waals surface area contributed by atoms with Gasteiger partial charge in [-0.3, -0.25) is 19.1 Å². The number of hydrogen-bond donors (Lipinski definition) is 3. The summed E-state index contributed by atoms with van der Waals surface area (Å²) in [7, 11) is 0. The molecule has 0 aromatic carbocycles. The number of nitrogens with one attached hydrogen (secondary N) is 2. The number of aromatic nitrogens is 2. The van der Waals surface area contributed by atoms with Crippen LogP contribution in [0.15, 0.2) is 20.3 Å². The van der Waals surface area contributed by atoms with Crippen LogP contribution in [0.4, 0.5) is 0 Å². The zero-order valence-electron chi connectivity index (χ0n) is 10.1. The Hall–Kier alpha value is -1.41. The van der Waals surface area contributed by atoms with Crippen molar-refractivity contribution in [1.29, 1.82) is 0 Å².